The van der Waals surface area contributed by atoms with Gasteiger partial charge in [-0.1, -0.05) is 50.2 Å². The molecule has 0 saturated heterocycles. The first-order valence-corrected chi connectivity index (χ1v) is 10.8. The van der Waals surface area contributed by atoms with E-state index in [4.69, 9.17) is 0 Å². The molecule has 0 bridgehead atoms. The van der Waals surface area contributed by atoms with Crippen LogP contribution in [-0.4, -0.2) is 25.4 Å². The number of benzene rings is 2. The van der Waals surface area contributed by atoms with Crippen molar-refractivity contribution in [2.75, 3.05) is 18.9 Å². The molecule has 0 fully saturated rings. The molecule has 0 aliphatic heterocycles. The van der Waals surface area contributed by atoms with E-state index in [1.807, 2.05) is 11.4 Å². The van der Waals surface area contributed by atoms with Crippen LogP contribution in [0.2, 0.25) is 0 Å². The van der Waals surface area contributed by atoms with Crippen LogP contribution < -0.4 is 16.0 Å². The van der Waals surface area contributed by atoms with Crippen LogP contribution in [0.3, 0.4) is 0 Å². The molecule has 3 N–H and O–H groups in total. The van der Waals surface area contributed by atoms with E-state index in [-0.39, 0.29) is 24.4 Å². The Labute approximate surface area is 181 Å². The summed E-state index contributed by atoms with van der Waals surface area (Å²) >= 11 is 1.66. The maximum Gasteiger partial charge on any atom is 0.251 e. The van der Waals surface area contributed by atoms with Gasteiger partial charge in [0.2, 0.25) is 5.91 Å². The van der Waals surface area contributed by atoms with Gasteiger partial charge in [-0.25, -0.2) is 0 Å². The Balaban J connectivity index is 1.69. The largest absolute Gasteiger partial charge is 0.355 e. The monoisotopic (exact) mass is 421 g/mol. The van der Waals surface area contributed by atoms with Crippen molar-refractivity contribution in [2.24, 2.45) is 0 Å². The maximum absolute atomic E-state index is 12.5. The minimum absolute atomic E-state index is 0.0610. The Morgan fingerprint density at radius 1 is 0.967 bits per heavy atom. The van der Waals surface area contributed by atoms with Gasteiger partial charge < -0.3 is 10.6 Å². The molecule has 156 valence electrons. The molecule has 2 amide bonds. The highest BCUT2D eigenvalue weighted by Crippen LogP contribution is 2.27. The molecule has 5 nitrogen and oxygen atoms in total. The summed E-state index contributed by atoms with van der Waals surface area (Å²) in [5, 5.41) is 10.9. The molecule has 2 aromatic carbocycles. The fourth-order valence-corrected chi connectivity index (χ4v) is 4.02. The summed E-state index contributed by atoms with van der Waals surface area (Å²) < 4.78 is 0. The standard InChI is InChI=1S/C24H27N3O2S/c1-16(2)17-9-11-18(12-10-17)23(21-8-5-13-30-21)26-15-22(28)27-20-7-4-6-19(14-20)24(29)25-3/h4-14,16,23,26H,15H2,1-3H3,(H,25,29)(H,27,28)/t23-/m0/s1. The minimum atomic E-state index is -0.188. The topological polar surface area (TPSA) is 70.2 Å². The number of thiophene rings is 1. The third-order valence-electron chi connectivity index (χ3n) is 4.87. The molecule has 30 heavy (non-hydrogen) atoms. The first kappa shape index (κ1) is 21.7. The van der Waals surface area contributed by atoms with Crippen molar-refractivity contribution in [3.8, 4) is 0 Å². The molecule has 0 aliphatic carbocycles. The fourth-order valence-electron chi connectivity index (χ4n) is 3.19. The van der Waals surface area contributed by atoms with Crippen molar-refractivity contribution in [3.05, 3.63) is 87.6 Å². The van der Waals surface area contributed by atoms with Gasteiger partial charge in [-0.2, -0.15) is 0 Å². The molecular weight excluding hydrogens is 394 g/mol. The Hall–Kier alpha value is -2.96. The van der Waals surface area contributed by atoms with Crippen molar-refractivity contribution in [1.29, 1.82) is 0 Å². The summed E-state index contributed by atoms with van der Waals surface area (Å²) in [7, 11) is 1.58. The Bertz CT molecular complexity index is 982. The number of anilines is 1. The molecule has 6 heteroatoms. The maximum atomic E-state index is 12.5. The predicted octanol–water partition coefficient (Wildman–Crippen LogP) is 4.55. The van der Waals surface area contributed by atoms with Gasteiger partial charge in [0.15, 0.2) is 0 Å². The van der Waals surface area contributed by atoms with Crippen LogP contribution in [0.15, 0.2) is 66.0 Å². The molecule has 1 atom stereocenters. The van der Waals surface area contributed by atoms with Crippen LogP contribution in [-0.2, 0) is 4.79 Å². The van der Waals surface area contributed by atoms with Crippen molar-refractivity contribution >= 4 is 28.8 Å². The predicted molar refractivity (Wildman–Crippen MR) is 123 cm³/mol. The third kappa shape index (κ3) is 5.55. The second-order valence-electron chi connectivity index (χ2n) is 7.36. The van der Waals surface area contributed by atoms with Crippen LogP contribution in [0.1, 0.15) is 52.2 Å². The molecule has 0 saturated carbocycles. The fraction of sp³-hybridized carbons (Fsp3) is 0.250. The van der Waals surface area contributed by atoms with E-state index < -0.39 is 0 Å². The molecule has 0 aliphatic rings. The van der Waals surface area contributed by atoms with Crippen LogP contribution in [0.4, 0.5) is 5.69 Å². The second kappa shape index (κ2) is 10.2. The molecule has 1 aromatic heterocycles. The second-order valence-corrected chi connectivity index (χ2v) is 8.34. The Morgan fingerprint density at radius 2 is 1.70 bits per heavy atom. The highest BCUT2D eigenvalue weighted by molar-refractivity contribution is 7.10. The molecule has 3 rings (SSSR count). The van der Waals surface area contributed by atoms with Gasteiger partial charge in [-0.05, 0) is 46.7 Å². The zero-order chi connectivity index (χ0) is 21.5. The first-order chi connectivity index (χ1) is 14.5. The van der Waals surface area contributed by atoms with Crippen molar-refractivity contribution in [1.82, 2.24) is 10.6 Å². The number of nitrogens with one attached hydrogen (secondary N) is 3. The lowest BCUT2D eigenvalue weighted by Crippen LogP contribution is -2.31. The quantitative estimate of drug-likeness (QED) is 0.500. The van der Waals surface area contributed by atoms with E-state index in [0.717, 1.165) is 10.4 Å². The number of amides is 2. The lowest BCUT2D eigenvalue weighted by atomic mass is 9.98. The lowest BCUT2D eigenvalue weighted by Gasteiger charge is -2.19. The van der Waals surface area contributed by atoms with Gasteiger partial charge in [0.1, 0.15) is 0 Å². The number of hydrogen-bond acceptors (Lipinski definition) is 4. The Kier molecular flexibility index (Phi) is 7.38. The summed E-state index contributed by atoms with van der Waals surface area (Å²) in [6.07, 6.45) is 0. The van der Waals surface area contributed by atoms with Gasteiger partial charge in [0, 0.05) is 23.2 Å². The zero-order valence-electron chi connectivity index (χ0n) is 17.4. The van der Waals surface area contributed by atoms with Crippen LogP contribution >= 0.6 is 11.3 Å². The summed E-state index contributed by atoms with van der Waals surface area (Å²) in [5.41, 5.74) is 3.51. The summed E-state index contributed by atoms with van der Waals surface area (Å²) in [6, 6.07) is 19.5. The number of rotatable bonds is 8. The SMILES string of the molecule is CNC(=O)c1cccc(NC(=O)CN[C@@H](c2ccc(C(C)C)cc2)c2cccs2)c1. The van der Waals surface area contributed by atoms with Gasteiger partial charge >= 0.3 is 0 Å². The smallest absolute Gasteiger partial charge is 0.251 e. The number of carbonyl (C=O) groups excluding carboxylic acids is 2. The Morgan fingerprint density at radius 3 is 2.33 bits per heavy atom. The van der Waals surface area contributed by atoms with E-state index in [2.05, 4.69) is 60.1 Å². The van der Waals surface area contributed by atoms with Gasteiger partial charge in [0.25, 0.3) is 5.91 Å². The van der Waals surface area contributed by atoms with Gasteiger partial charge in [-0.15, -0.1) is 11.3 Å². The zero-order valence-corrected chi connectivity index (χ0v) is 18.3. The van der Waals surface area contributed by atoms with E-state index in [9.17, 15) is 9.59 Å². The highest BCUT2D eigenvalue weighted by Gasteiger charge is 2.17. The van der Waals surface area contributed by atoms with Crippen molar-refractivity contribution < 1.29 is 9.59 Å². The van der Waals surface area contributed by atoms with Crippen molar-refractivity contribution in [2.45, 2.75) is 25.8 Å². The van der Waals surface area contributed by atoms with Gasteiger partial charge in [0.05, 0.1) is 12.6 Å². The minimum Gasteiger partial charge on any atom is -0.355 e. The van der Waals surface area contributed by atoms with E-state index in [0.29, 0.717) is 17.2 Å². The van der Waals surface area contributed by atoms with Gasteiger partial charge in [-0.3, -0.25) is 14.9 Å². The highest BCUT2D eigenvalue weighted by atomic mass is 32.1. The average molecular weight is 422 g/mol. The summed E-state index contributed by atoms with van der Waals surface area (Å²) in [4.78, 5) is 25.5. The number of hydrogen-bond donors (Lipinski definition) is 3. The molecular formula is C24H27N3O2S. The molecule has 0 radical (unpaired) electrons. The van der Waals surface area contributed by atoms with Crippen LogP contribution in [0, 0.1) is 0 Å². The molecule has 0 unspecified atom stereocenters. The molecule has 0 spiro atoms. The van der Waals surface area contributed by atoms with Crippen LogP contribution in [0.25, 0.3) is 0 Å². The molecule has 1 heterocycles. The average Bonchev–Trinajstić information content (AvgIpc) is 3.28. The summed E-state index contributed by atoms with van der Waals surface area (Å²) in [5.74, 6) is 0.125. The lowest BCUT2D eigenvalue weighted by molar-refractivity contribution is -0.115. The van der Waals surface area contributed by atoms with Crippen LogP contribution in [0.5, 0.6) is 0 Å². The normalized spacial score (nSPS) is 11.9. The van der Waals surface area contributed by atoms with Crippen molar-refractivity contribution in [3.63, 3.8) is 0 Å². The molecule has 3 aromatic rings. The van der Waals surface area contributed by atoms with E-state index in [1.54, 1.807) is 42.6 Å². The third-order valence-corrected chi connectivity index (χ3v) is 5.80. The van der Waals surface area contributed by atoms with E-state index in [1.165, 1.54) is 5.56 Å². The summed E-state index contributed by atoms with van der Waals surface area (Å²) in [6.45, 7) is 4.50. The number of carbonyl (C=O) groups is 2. The van der Waals surface area contributed by atoms with E-state index >= 15 is 0 Å². The first-order valence-electron chi connectivity index (χ1n) is 9.96.